The van der Waals surface area contributed by atoms with Gasteiger partial charge in [-0.25, -0.2) is 0 Å². The topological polar surface area (TPSA) is 49.8 Å². The molecule has 0 spiro atoms. The highest BCUT2D eigenvalue weighted by atomic mass is 16.5. The molecule has 4 nitrogen and oxygen atoms in total. The molecule has 0 bridgehead atoms. The van der Waals surface area contributed by atoms with Gasteiger partial charge in [-0.1, -0.05) is 0 Å². The molecule has 0 fully saturated rings. The van der Waals surface area contributed by atoms with E-state index in [1.807, 2.05) is 0 Å². The van der Waals surface area contributed by atoms with E-state index >= 15 is 0 Å². The fourth-order valence-corrected chi connectivity index (χ4v) is 1.47. The molecule has 0 aliphatic carbocycles. The molecule has 4 heteroatoms. The van der Waals surface area contributed by atoms with Gasteiger partial charge < -0.3 is 14.7 Å². The molecule has 1 aromatic carbocycles. The summed E-state index contributed by atoms with van der Waals surface area (Å²) in [6, 6.07) is 7.11. The van der Waals surface area contributed by atoms with Crippen molar-refractivity contribution >= 4 is 11.6 Å². The van der Waals surface area contributed by atoms with Crippen molar-refractivity contribution in [2.45, 2.75) is 0 Å². The number of methoxy groups -OCH3 is 1. The van der Waals surface area contributed by atoms with Crippen molar-refractivity contribution in [3.05, 3.63) is 36.1 Å². The van der Waals surface area contributed by atoms with Crippen molar-refractivity contribution in [2.75, 3.05) is 18.6 Å². The largest absolute Gasteiger partial charge is 0.503 e. The number of aliphatic hydroxyl groups excluding tert-OH is 1. The third kappa shape index (κ3) is 1.66. The molecule has 15 heavy (non-hydrogen) atoms. The SMILES string of the molecule is COc1ccc(N2CC=C(O)C2=O)cc1. The predicted octanol–water partition coefficient (Wildman–Crippen LogP) is 1.48. The Labute approximate surface area is 87.4 Å². The number of hydrogen-bond acceptors (Lipinski definition) is 3. The molecule has 78 valence electrons. The van der Waals surface area contributed by atoms with Crippen LogP contribution in [0.4, 0.5) is 5.69 Å². The standard InChI is InChI=1S/C11H11NO3/c1-15-9-4-2-8(3-5-9)12-7-6-10(13)11(12)14/h2-6,13H,7H2,1H3. The lowest BCUT2D eigenvalue weighted by Crippen LogP contribution is -2.26. The van der Waals surface area contributed by atoms with Crippen LogP contribution < -0.4 is 9.64 Å². The Morgan fingerprint density at radius 1 is 1.33 bits per heavy atom. The van der Waals surface area contributed by atoms with E-state index in [9.17, 15) is 9.90 Å². The number of carbonyl (C=O) groups excluding carboxylic acids is 1. The van der Waals surface area contributed by atoms with Gasteiger partial charge >= 0.3 is 0 Å². The molecule has 1 N–H and O–H groups in total. The average molecular weight is 205 g/mol. The van der Waals surface area contributed by atoms with E-state index in [4.69, 9.17) is 4.74 Å². The molecule has 2 rings (SSSR count). The van der Waals surface area contributed by atoms with Gasteiger partial charge in [-0.05, 0) is 30.3 Å². The maximum absolute atomic E-state index is 11.4. The van der Waals surface area contributed by atoms with Crippen LogP contribution in [0.3, 0.4) is 0 Å². The molecule has 1 aliphatic heterocycles. The highest BCUT2D eigenvalue weighted by Gasteiger charge is 2.24. The molecule has 1 aromatic rings. The van der Waals surface area contributed by atoms with Crippen LogP contribution in [-0.4, -0.2) is 24.7 Å². The fraction of sp³-hybridized carbons (Fsp3) is 0.182. The summed E-state index contributed by atoms with van der Waals surface area (Å²) in [4.78, 5) is 12.9. The van der Waals surface area contributed by atoms with E-state index in [1.165, 1.54) is 11.0 Å². The lowest BCUT2D eigenvalue weighted by atomic mass is 10.3. The molecule has 0 unspecified atom stereocenters. The number of amides is 1. The number of ether oxygens (including phenoxy) is 1. The second-order valence-corrected chi connectivity index (χ2v) is 3.20. The van der Waals surface area contributed by atoms with E-state index in [0.29, 0.717) is 6.54 Å². The van der Waals surface area contributed by atoms with Crippen molar-refractivity contribution in [1.82, 2.24) is 0 Å². The minimum Gasteiger partial charge on any atom is -0.503 e. The summed E-state index contributed by atoms with van der Waals surface area (Å²) in [5.41, 5.74) is 0.751. The van der Waals surface area contributed by atoms with E-state index in [0.717, 1.165) is 11.4 Å². The molecule has 0 aromatic heterocycles. The molecule has 0 atom stereocenters. The summed E-state index contributed by atoms with van der Waals surface area (Å²) in [5.74, 6) is 0.188. The Morgan fingerprint density at radius 2 is 2.00 bits per heavy atom. The van der Waals surface area contributed by atoms with E-state index in [2.05, 4.69) is 0 Å². The third-order valence-corrected chi connectivity index (χ3v) is 2.32. The zero-order valence-corrected chi connectivity index (χ0v) is 8.30. The molecule has 0 saturated carbocycles. The number of hydrogen-bond donors (Lipinski definition) is 1. The normalized spacial score (nSPS) is 15.4. The summed E-state index contributed by atoms with van der Waals surface area (Å²) >= 11 is 0. The summed E-state index contributed by atoms with van der Waals surface area (Å²) in [6.07, 6.45) is 1.49. The molecule has 0 saturated heterocycles. The van der Waals surface area contributed by atoms with Crippen molar-refractivity contribution < 1.29 is 14.6 Å². The predicted molar refractivity (Wildman–Crippen MR) is 56.1 cm³/mol. The van der Waals surface area contributed by atoms with Crippen molar-refractivity contribution in [1.29, 1.82) is 0 Å². The fourth-order valence-electron chi connectivity index (χ4n) is 1.47. The number of rotatable bonds is 2. The Hall–Kier alpha value is -1.97. The van der Waals surface area contributed by atoms with Gasteiger partial charge in [0, 0.05) is 12.2 Å². The minimum absolute atomic E-state index is 0.189. The highest BCUT2D eigenvalue weighted by molar-refractivity contribution is 6.06. The first-order chi connectivity index (χ1) is 7.22. The van der Waals surface area contributed by atoms with E-state index in [-0.39, 0.29) is 11.7 Å². The number of carbonyl (C=O) groups is 1. The number of aliphatic hydroxyl groups is 1. The van der Waals surface area contributed by atoms with Gasteiger partial charge in [0.05, 0.1) is 7.11 Å². The minimum atomic E-state index is -0.361. The second-order valence-electron chi connectivity index (χ2n) is 3.20. The van der Waals surface area contributed by atoms with E-state index < -0.39 is 0 Å². The van der Waals surface area contributed by atoms with Gasteiger partial charge in [-0.2, -0.15) is 0 Å². The Kier molecular flexibility index (Phi) is 2.33. The van der Waals surface area contributed by atoms with Gasteiger partial charge in [-0.3, -0.25) is 4.79 Å². The quantitative estimate of drug-likeness (QED) is 0.795. The van der Waals surface area contributed by atoms with Crippen LogP contribution in [0.15, 0.2) is 36.1 Å². The lowest BCUT2D eigenvalue weighted by Gasteiger charge is -2.15. The highest BCUT2D eigenvalue weighted by Crippen LogP contribution is 2.22. The summed E-state index contributed by atoms with van der Waals surface area (Å²) in [6.45, 7) is 0.414. The van der Waals surface area contributed by atoms with Gasteiger partial charge in [0.15, 0.2) is 5.76 Å². The maximum Gasteiger partial charge on any atom is 0.293 e. The van der Waals surface area contributed by atoms with Crippen LogP contribution in [0.5, 0.6) is 5.75 Å². The zero-order valence-electron chi connectivity index (χ0n) is 8.30. The van der Waals surface area contributed by atoms with Gasteiger partial charge in [0.25, 0.3) is 5.91 Å². The first-order valence-corrected chi connectivity index (χ1v) is 4.57. The smallest absolute Gasteiger partial charge is 0.293 e. The average Bonchev–Trinajstić information content (AvgIpc) is 2.60. The number of nitrogens with zero attached hydrogens (tertiary/aromatic N) is 1. The first kappa shape index (κ1) is 9.58. The van der Waals surface area contributed by atoms with Crippen LogP contribution in [0.1, 0.15) is 0 Å². The van der Waals surface area contributed by atoms with Gasteiger partial charge in [0.2, 0.25) is 0 Å². The molecule has 1 aliphatic rings. The van der Waals surface area contributed by atoms with Crippen molar-refractivity contribution in [3.8, 4) is 5.75 Å². The lowest BCUT2D eigenvalue weighted by molar-refractivity contribution is -0.116. The monoisotopic (exact) mass is 205 g/mol. The van der Waals surface area contributed by atoms with Crippen molar-refractivity contribution in [3.63, 3.8) is 0 Å². The van der Waals surface area contributed by atoms with E-state index in [1.54, 1.807) is 31.4 Å². The summed E-state index contributed by atoms with van der Waals surface area (Å²) in [7, 11) is 1.59. The van der Waals surface area contributed by atoms with Crippen molar-refractivity contribution in [2.24, 2.45) is 0 Å². The molecule has 1 heterocycles. The third-order valence-electron chi connectivity index (χ3n) is 2.32. The first-order valence-electron chi connectivity index (χ1n) is 4.57. The number of benzene rings is 1. The second kappa shape index (κ2) is 3.65. The van der Waals surface area contributed by atoms with Crippen LogP contribution in [-0.2, 0) is 4.79 Å². The summed E-state index contributed by atoms with van der Waals surface area (Å²) < 4.78 is 5.01. The summed E-state index contributed by atoms with van der Waals surface area (Å²) in [5, 5.41) is 9.18. The van der Waals surface area contributed by atoms with Crippen LogP contribution in [0, 0.1) is 0 Å². The van der Waals surface area contributed by atoms with Crippen LogP contribution in [0.2, 0.25) is 0 Å². The number of anilines is 1. The zero-order chi connectivity index (χ0) is 10.8. The molecular formula is C11H11NO3. The Morgan fingerprint density at radius 3 is 2.47 bits per heavy atom. The molecule has 1 amide bonds. The van der Waals surface area contributed by atoms with Crippen LogP contribution in [0.25, 0.3) is 0 Å². The van der Waals surface area contributed by atoms with Gasteiger partial charge in [-0.15, -0.1) is 0 Å². The van der Waals surface area contributed by atoms with Gasteiger partial charge in [0.1, 0.15) is 5.75 Å². The van der Waals surface area contributed by atoms with Crippen LogP contribution >= 0.6 is 0 Å². The maximum atomic E-state index is 11.4. The Bertz CT molecular complexity index is 408. The molecular weight excluding hydrogens is 194 g/mol. The Balaban J connectivity index is 2.21. The molecule has 0 radical (unpaired) electrons.